The SMILES string of the molecule is CC(=O)OCC1=C[C@@H](O)[C@]2(O)C=CO[C@@H](O[C@@H]3O[C@H](CO)[C@@H](O)[C@H](O)[C@H]3O)[C@H]12. The van der Waals surface area contributed by atoms with Gasteiger partial charge < -0.3 is 49.6 Å². The van der Waals surface area contributed by atoms with Crippen LogP contribution in [0.4, 0.5) is 0 Å². The van der Waals surface area contributed by atoms with E-state index in [1.54, 1.807) is 0 Å². The average molecular weight is 404 g/mol. The first-order valence-electron chi connectivity index (χ1n) is 8.72. The minimum absolute atomic E-state index is 0.231. The van der Waals surface area contributed by atoms with E-state index in [1.807, 2.05) is 0 Å². The first-order chi connectivity index (χ1) is 13.2. The number of aliphatic hydroxyl groups excluding tert-OH is 5. The highest BCUT2D eigenvalue weighted by molar-refractivity contribution is 5.66. The number of carbonyl (C=O) groups is 1. The number of rotatable bonds is 5. The van der Waals surface area contributed by atoms with Crippen LogP contribution in [0.15, 0.2) is 24.0 Å². The van der Waals surface area contributed by atoms with Crippen LogP contribution in [0.2, 0.25) is 0 Å². The van der Waals surface area contributed by atoms with E-state index in [1.165, 1.54) is 19.1 Å². The van der Waals surface area contributed by atoms with Gasteiger partial charge in [0.15, 0.2) is 6.29 Å². The van der Waals surface area contributed by atoms with Gasteiger partial charge in [-0.2, -0.15) is 0 Å². The molecule has 9 atom stereocenters. The maximum Gasteiger partial charge on any atom is 0.302 e. The van der Waals surface area contributed by atoms with Crippen molar-refractivity contribution in [3.63, 3.8) is 0 Å². The third-order valence-electron chi connectivity index (χ3n) is 5.12. The molecule has 158 valence electrons. The van der Waals surface area contributed by atoms with Gasteiger partial charge in [-0.15, -0.1) is 0 Å². The van der Waals surface area contributed by atoms with E-state index in [-0.39, 0.29) is 6.61 Å². The maximum atomic E-state index is 11.1. The van der Waals surface area contributed by atoms with Gasteiger partial charge in [-0.05, 0) is 17.7 Å². The van der Waals surface area contributed by atoms with E-state index in [4.69, 9.17) is 18.9 Å². The highest BCUT2D eigenvalue weighted by atomic mass is 16.8. The molecule has 0 aromatic heterocycles. The molecule has 0 radical (unpaired) electrons. The molecule has 0 amide bonds. The topological polar surface area (TPSA) is 175 Å². The Kier molecular flexibility index (Phi) is 6.08. The summed E-state index contributed by atoms with van der Waals surface area (Å²) in [7, 11) is 0. The molecule has 0 aromatic rings. The molecule has 0 aromatic carbocycles. The van der Waals surface area contributed by atoms with Gasteiger partial charge in [0.2, 0.25) is 6.29 Å². The Labute approximate surface area is 160 Å². The van der Waals surface area contributed by atoms with Gasteiger partial charge in [-0.1, -0.05) is 0 Å². The van der Waals surface area contributed by atoms with Crippen LogP contribution in [0.1, 0.15) is 6.92 Å². The zero-order chi connectivity index (χ0) is 20.6. The first-order valence-corrected chi connectivity index (χ1v) is 8.72. The summed E-state index contributed by atoms with van der Waals surface area (Å²) >= 11 is 0. The van der Waals surface area contributed by atoms with Crippen molar-refractivity contribution < 1.29 is 54.4 Å². The van der Waals surface area contributed by atoms with Gasteiger partial charge in [-0.25, -0.2) is 0 Å². The van der Waals surface area contributed by atoms with Crippen molar-refractivity contribution in [2.75, 3.05) is 13.2 Å². The molecule has 0 unspecified atom stereocenters. The van der Waals surface area contributed by atoms with E-state index in [0.717, 1.165) is 6.26 Å². The predicted molar refractivity (Wildman–Crippen MR) is 88.0 cm³/mol. The number of hydrogen-bond acceptors (Lipinski definition) is 11. The van der Waals surface area contributed by atoms with Gasteiger partial charge in [0, 0.05) is 6.92 Å². The van der Waals surface area contributed by atoms with Crippen LogP contribution < -0.4 is 0 Å². The van der Waals surface area contributed by atoms with Crippen molar-refractivity contribution in [3.8, 4) is 0 Å². The fourth-order valence-corrected chi connectivity index (χ4v) is 3.57. The second-order valence-corrected chi connectivity index (χ2v) is 6.97. The molecule has 6 N–H and O–H groups in total. The molecule has 0 saturated carbocycles. The van der Waals surface area contributed by atoms with Crippen molar-refractivity contribution in [2.24, 2.45) is 5.92 Å². The van der Waals surface area contributed by atoms with Crippen LogP contribution in [0, 0.1) is 5.92 Å². The van der Waals surface area contributed by atoms with Crippen LogP contribution in [-0.2, 0) is 23.7 Å². The Balaban J connectivity index is 1.80. The number of carbonyl (C=O) groups excluding carboxylic acids is 1. The highest BCUT2D eigenvalue weighted by Crippen LogP contribution is 2.44. The Morgan fingerprint density at radius 1 is 1.18 bits per heavy atom. The van der Waals surface area contributed by atoms with Crippen LogP contribution >= 0.6 is 0 Å². The summed E-state index contributed by atoms with van der Waals surface area (Å²) in [5, 5.41) is 60.2. The predicted octanol–water partition coefficient (Wildman–Crippen LogP) is -3.12. The van der Waals surface area contributed by atoms with Gasteiger partial charge in [0.25, 0.3) is 0 Å². The summed E-state index contributed by atoms with van der Waals surface area (Å²) in [4.78, 5) is 11.1. The number of ether oxygens (including phenoxy) is 4. The summed E-state index contributed by atoms with van der Waals surface area (Å²) in [5.41, 5.74) is -1.49. The third-order valence-corrected chi connectivity index (χ3v) is 5.12. The molecule has 1 fully saturated rings. The summed E-state index contributed by atoms with van der Waals surface area (Å²) < 4.78 is 21.2. The lowest BCUT2D eigenvalue weighted by Crippen LogP contribution is -2.61. The van der Waals surface area contributed by atoms with Crippen molar-refractivity contribution in [3.05, 3.63) is 24.0 Å². The summed E-state index contributed by atoms with van der Waals surface area (Å²) in [6.07, 6.45) is -6.56. The molecule has 2 heterocycles. The molecule has 0 bridgehead atoms. The minimum atomic E-state index is -1.81. The molecular weight excluding hydrogens is 380 g/mol. The monoisotopic (exact) mass is 404 g/mol. The molecule has 0 spiro atoms. The zero-order valence-electron chi connectivity index (χ0n) is 15.0. The Bertz CT molecular complexity index is 647. The minimum Gasteiger partial charge on any atom is -0.472 e. The molecule has 1 saturated heterocycles. The van der Waals surface area contributed by atoms with Crippen molar-refractivity contribution in [1.29, 1.82) is 0 Å². The first kappa shape index (κ1) is 21.1. The van der Waals surface area contributed by atoms with Gasteiger partial charge in [0.05, 0.1) is 18.8 Å². The van der Waals surface area contributed by atoms with Crippen molar-refractivity contribution in [2.45, 2.75) is 55.6 Å². The zero-order valence-corrected chi connectivity index (χ0v) is 15.0. The molecule has 3 aliphatic rings. The molecule has 28 heavy (non-hydrogen) atoms. The summed E-state index contributed by atoms with van der Waals surface area (Å²) in [6.45, 7) is 0.336. The molecular formula is C17H24O11. The molecule has 1 aliphatic carbocycles. The lowest BCUT2D eigenvalue weighted by atomic mass is 9.83. The fraction of sp³-hybridized carbons (Fsp3) is 0.706. The lowest BCUT2D eigenvalue weighted by molar-refractivity contribution is -0.344. The van der Waals surface area contributed by atoms with Crippen LogP contribution in [0.5, 0.6) is 0 Å². The number of fused-ring (bicyclic) bond motifs is 1. The normalized spacial score (nSPS) is 45.2. The van der Waals surface area contributed by atoms with E-state index >= 15 is 0 Å². The quantitative estimate of drug-likeness (QED) is 0.202. The standard InChI is InChI=1S/C17H24O11/c1-7(19)26-6-8-4-10(20)17(24)2-3-25-15(11(8)17)28-16-14(23)13(22)12(21)9(5-18)27-16/h2-4,9-16,18,20-24H,5-6H2,1H3/t9-,10-,11+,12-,13+,14-,15+,16+,17-/m1/s1. The molecule has 11 heteroatoms. The smallest absolute Gasteiger partial charge is 0.302 e. The van der Waals surface area contributed by atoms with E-state index < -0.39 is 67.2 Å². The van der Waals surface area contributed by atoms with E-state index in [2.05, 4.69) is 0 Å². The van der Waals surface area contributed by atoms with Crippen LogP contribution in [-0.4, -0.2) is 98.5 Å². The van der Waals surface area contributed by atoms with Gasteiger partial charge in [-0.3, -0.25) is 4.79 Å². The second kappa shape index (κ2) is 8.05. The summed E-state index contributed by atoms with van der Waals surface area (Å²) in [5.74, 6) is -1.58. The lowest BCUT2D eigenvalue weighted by Gasteiger charge is -2.44. The van der Waals surface area contributed by atoms with Gasteiger partial charge >= 0.3 is 5.97 Å². The molecule has 11 nitrogen and oxygen atoms in total. The fourth-order valence-electron chi connectivity index (χ4n) is 3.57. The maximum absolute atomic E-state index is 11.1. The number of aliphatic hydroxyl groups is 6. The third kappa shape index (κ3) is 3.67. The molecule has 3 rings (SSSR count). The van der Waals surface area contributed by atoms with Gasteiger partial charge in [0.1, 0.15) is 42.7 Å². The Morgan fingerprint density at radius 3 is 2.54 bits per heavy atom. The second-order valence-electron chi connectivity index (χ2n) is 6.97. The largest absolute Gasteiger partial charge is 0.472 e. The highest BCUT2D eigenvalue weighted by Gasteiger charge is 2.56. The van der Waals surface area contributed by atoms with Crippen LogP contribution in [0.3, 0.4) is 0 Å². The Hall–Kier alpha value is -1.57. The van der Waals surface area contributed by atoms with E-state index in [0.29, 0.717) is 5.57 Å². The van der Waals surface area contributed by atoms with E-state index in [9.17, 15) is 35.4 Å². The average Bonchev–Trinajstić information content (AvgIpc) is 2.91. The van der Waals surface area contributed by atoms with Crippen molar-refractivity contribution >= 4 is 5.97 Å². The molecule has 2 aliphatic heterocycles. The van der Waals surface area contributed by atoms with Crippen molar-refractivity contribution in [1.82, 2.24) is 0 Å². The number of hydrogen-bond donors (Lipinski definition) is 6. The van der Waals surface area contributed by atoms with Crippen LogP contribution in [0.25, 0.3) is 0 Å². The Morgan fingerprint density at radius 2 is 1.89 bits per heavy atom. The summed E-state index contributed by atoms with van der Waals surface area (Å²) in [6, 6.07) is 0. The number of esters is 1.